The topological polar surface area (TPSA) is 61.7 Å². The number of aromatic nitrogens is 4. The number of aryl methyl sites for hydroxylation is 2. The fraction of sp³-hybridized carbons (Fsp3) is 0.400. The molecule has 0 saturated carbocycles. The zero-order valence-electron chi connectivity index (χ0n) is 8.89. The van der Waals surface area contributed by atoms with E-state index in [1.807, 2.05) is 24.0 Å². The highest BCUT2D eigenvalue weighted by atomic mass is 35.5. The molecule has 0 spiro atoms. The molecule has 2 aromatic rings. The summed E-state index contributed by atoms with van der Waals surface area (Å²) >= 11 is 5.88. The fourth-order valence-electron chi connectivity index (χ4n) is 2.14. The van der Waals surface area contributed by atoms with Crippen molar-refractivity contribution in [3.63, 3.8) is 0 Å². The zero-order valence-corrected chi connectivity index (χ0v) is 9.65. The monoisotopic (exact) mass is 237 g/mol. The predicted molar refractivity (Wildman–Crippen MR) is 61.4 cm³/mol. The Morgan fingerprint density at radius 3 is 3.00 bits per heavy atom. The van der Waals surface area contributed by atoms with E-state index in [-0.39, 0.29) is 6.04 Å². The van der Waals surface area contributed by atoms with Gasteiger partial charge in [-0.2, -0.15) is 5.10 Å². The van der Waals surface area contributed by atoms with E-state index in [1.54, 1.807) is 0 Å². The molecule has 1 atom stereocenters. The Balaban J connectivity index is 2.03. The summed E-state index contributed by atoms with van der Waals surface area (Å²) in [6.07, 6.45) is 4.70. The van der Waals surface area contributed by atoms with Gasteiger partial charge in [0.15, 0.2) is 0 Å². The minimum absolute atomic E-state index is 0.156. The molecular formula is C10H12ClN5. The van der Waals surface area contributed by atoms with Crippen LogP contribution in [-0.2, 0) is 6.54 Å². The van der Waals surface area contributed by atoms with E-state index in [1.165, 1.54) is 0 Å². The van der Waals surface area contributed by atoms with Crippen molar-refractivity contribution in [1.82, 2.24) is 19.3 Å². The predicted octanol–water partition coefficient (Wildman–Crippen LogP) is 1.62. The molecule has 2 N–H and O–H groups in total. The van der Waals surface area contributed by atoms with Crippen LogP contribution in [0.2, 0.25) is 5.15 Å². The molecule has 16 heavy (non-hydrogen) atoms. The van der Waals surface area contributed by atoms with Crippen LogP contribution in [0.4, 0.5) is 5.69 Å². The summed E-state index contributed by atoms with van der Waals surface area (Å²) < 4.78 is 3.95. The van der Waals surface area contributed by atoms with E-state index in [9.17, 15) is 0 Å². The minimum Gasteiger partial charge on any atom is -0.396 e. The molecule has 5 nitrogen and oxygen atoms in total. The maximum absolute atomic E-state index is 5.88. The Hall–Kier alpha value is -1.49. The quantitative estimate of drug-likeness (QED) is 0.820. The molecule has 0 fully saturated rings. The van der Waals surface area contributed by atoms with Gasteiger partial charge in [-0.15, -0.1) is 0 Å². The van der Waals surface area contributed by atoms with Crippen LogP contribution in [-0.4, -0.2) is 19.3 Å². The maximum atomic E-state index is 5.88. The van der Waals surface area contributed by atoms with Crippen molar-refractivity contribution in [3.05, 3.63) is 29.1 Å². The Bertz CT molecular complexity index is 522. The third-order valence-corrected chi connectivity index (χ3v) is 3.18. The van der Waals surface area contributed by atoms with Gasteiger partial charge in [0.1, 0.15) is 17.0 Å². The van der Waals surface area contributed by atoms with Gasteiger partial charge < -0.3 is 10.3 Å². The van der Waals surface area contributed by atoms with E-state index >= 15 is 0 Å². The van der Waals surface area contributed by atoms with Gasteiger partial charge >= 0.3 is 0 Å². The second kappa shape index (κ2) is 3.25. The summed E-state index contributed by atoms with van der Waals surface area (Å²) in [6.45, 7) is 2.83. The first-order valence-corrected chi connectivity index (χ1v) is 5.57. The van der Waals surface area contributed by atoms with Crippen molar-refractivity contribution in [1.29, 1.82) is 0 Å². The van der Waals surface area contributed by atoms with Crippen LogP contribution >= 0.6 is 11.6 Å². The van der Waals surface area contributed by atoms with Gasteiger partial charge in [-0.3, -0.25) is 4.68 Å². The summed E-state index contributed by atoms with van der Waals surface area (Å²) in [4.78, 5) is 4.31. The molecule has 2 aromatic heterocycles. The van der Waals surface area contributed by atoms with Gasteiger partial charge in [-0.25, -0.2) is 4.98 Å². The van der Waals surface area contributed by atoms with Crippen LogP contribution in [0, 0.1) is 6.92 Å². The first-order chi connectivity index (χ1) is 7.65. The van der Waals surface area contributed by atoms with Crippen LogP contribution in [0.5, 0.6) is 0 Å². The summed E-state index contributed by atoms with van der Waals surface area (Å²) in [5.41, 5.74) is 7.37. The molecule has 0 amide bonds. The molecule has 0 aliphatic carbocycles. The summed E-state index contributed by atoms with van der Waals surface area (Å²) in [5, 5.41) is 4.93. The van der Waals surface area contributed by atoms with Crippen LogP contribution in [0.25, 0.3) is 0 Å². The highest BCUT2D eigenvalue weighted by molar-refractivity contribution is 6.29. The van der Waals surface area contributed by atoms with E-state index in [2.05, 4.69) is 14.6 Å². The molecule has 3 heterocycles. The van der Waals surface area contributed by atoms with Crippen molar-refractivity contribution in [2.75, 3.05) is 5.73 Å². The van der Waals surface area contributed by atoms with E-state index < -0.39 is 0 Å². The molecule has 0 bridgehead atoms. The Morgan fingerprint density at radius 2 is 2.31 bits per heavy atom. The van der Waals surface area contributed by atoms with Gasteiger partial charge in [-0.1, -0.05) is 11.6 Å². The van der Waals surface area contributed by atoms with Crippen molar-refractivity contribution in [2.24, 2.45) is 0 Å². The largest absolute Gasteiger partial charge is 0.396 e. The SMILES string of the molecule is Cc1nn(C2CCn3cc(Cl)nc32)cc1N. The van der Waals surface area contributed by atoms with Crippen LogP contribution in [0.1, 0.15) is 24.0 Å². The highest BCUT2D eigenvalue weighted by Crippen LogP contribution is 2.30. The number of halogens is 1. The van der Waals surface area contributed by atoms with Crippen molar-refractivity contribution < 1.29 is 0 Å². The zero-order chi connectivity index (χ0) is 11.3. The first-order valence-electron chi connectivity index (χ1n) is 5.19. The number of hydrogen-bond donors (Lipinski definition) is 1. The minimum atomic E-state index is 0.156. The molecule has 3 rings (SSSR count). The molecule has 0 radical (unpaired) electrons. The molecule has 1 unspecified atom stereocenters. The molecular weight excluding hydrogens is 226 g/mol. The first kappa shape index (κ1) is 9.72. The second-order valence-corrected chi connectivity index (χ2v) is 4.46. The lowest BCUT2D eigenvalue weighted by Gasteiger charge is -2.08. The standard InChI is InChI=1S/C10H12ClN5/c1-6-7(12)4-16(14-6)8-2-3-15-5-9(11)13-10(8)15/h4-5,8H,2-3,12H2,1H3. The Kier molecular flexibility index (Phi) is 1.97. The fourth-order valence-corrected chi connectivity index (χ4v) is 2.34. The highest BCUT2D eigenvalue weighted by Gasteiger charge is 2.27. The van der Waals surface area contributed by atoms with E-state index in [0.717, 1.165) is 30.2 Å². The van der Waals surface area contributed by atoms with E-state index in [4.69, 9.17) is 17.3 Å². The van der Waals surface area contributed by atoms with Gasteiger partial charge in [0, 0.05) is 18.9 Å². The molecule has 0 aromatic carbocycles. The summed E-state index contributed by atoms with van der Waals surface area (Å²) in [7, 11) is 0. The molecule has 1 aliphatic heterocycles. The average Bonchev–Trinajstić information content (AvgIpc) is 2.82. The van der Waals surface area contributed by atoms with Gasteiger partial charge in [0.05, 0.1) is 11.4 Å². The number of nitrogens with two attached hydrogens (primary N) is 1. The smallest absolute Gasteiger partial charge is 0.147 e. The van der Waals surface area contributed by atoms with Gasteiger partial charge in [0.25, 0.3) is 0 Å². The average molecular weight is 238 g/mol. The molecule has 84 valence electrons. The van der Waals surface area contributed by atoms with Crippen molar-refractivity contribution >= 4 is 17.3 Å². The van der Waals surface area contributed by atoms with Crippen LogP contribution in [0.3, 0.4) is 0 Å². The summed E-state index contributed by atoms with van der Waals surface area (Å²) in [6, 6.07) is 0.156. The van der Waals surface area contributed by atoms with Crippen LogP contribution < -0.4 is 5.73 Å². The number of nitrogens with zero attached hydrogens (tertiary/aromatic N) is 4. The van der Waals surface area contributed by atoms with Crippen molar-refractivity contribution in [2.45, 2.75) is 25.9 Å². The summed E-state index contributed by atoms with van der Waals surface area (Å²) in [5.74, 6) is 0.965. The lowest BCUT2D eigenvalue weighted by Crippen LogP contribution is -2.09. The Labute approximate surface area is 97.8 Å². The number of hydrogen-bond acceptors (Lipinski definition) is 3. The molecule has 0 saturated heterocycles. The maximum Gasteiger partial charge on any atom is 0.147 e. The van der Waals surface area contributed by atoms with E-state index in [0.29, 0.717) is 5.15 Å². The normalized spacial score (nSPS) is 19.0. The van der Waals surface area contributed by atoms with Gasteiger partial charge in [0.2, 0.25) is 0 Å². The Morgan fingerprint density at radius 1 is 1.50 bits per heavy atom. The number of anilines is 1. The second-order valence-electron chi connectivity index (χ2n) is 4.07. The number of imidazole rings is 1. The third-order valence-electron chi connectivity index (χ3n) is 2.99. The number of fused-ring (bicyclic) bond motifs is 1. The third kappa shape index (κ3) is 1.31. The molecule has 1 aliphatic rings. The lowest BCUT2D eigenvalue weighted by molar-refractivity contribution is 0.508. The van der Waals surface area contributed by atoms with Gasteiger partial charge in [-0.05, 0) is 13.3 Å². The lowest BCUT2D eigenvalue weighted by atomic mass is 10.2. The number of nitrogen functional groups attached to an aromatic ring is 1. The van der Waals surface area contributed by atoms with Crippen molar-refractivity contribution in [3.8, 4) is 0 Å². The molecule has 6 heteroatoms. The van der Waals surface area contributed by atoms with Crippen LogP contribution in [0.15, 0.2) is 12.4 Å². The number of rotatable bonds is 1.